The van der Waals surface area contributed by atoms with Crippen LogP contribution < -0.4 is 0 Å². The Balaban J connectivity index is 2.38. The summed E-state index contributed by atoms with van der Waals surface area (Å²) in [6, 6.07) is 2.85. The standard InChI is InChI=1S/C9H7N5O4/c1-18-8(15)6-2-3-10-7(4-6)13-5-11-9(12-13)14(16)17/h2-5H,1H3. The number of nitro groups is 1. The Morgan fingerprint density at radius 3 is 2.89 bits per heavy atom. The average molecular weight is 249 g/mol. The van der Waals surface area contributed by atoms with Gasteiger partial charge in [0.1, 0.15) is 0 Å². The Hall–Kier alpha value is -2.84. The smallest absolute Gasteiger partial charge is 0.465 e. The third-order valence-electron chi connectivity index (χ3n) is 2.04. The summed E-state index contributed by atoms with van der Waals surface area (Å²) in [5, 5.41) is 14.0. The molecule has 0 spiro atoms. The van der Waals surface area contributed by atoms with E-state index in [0.29, 0.717) is 0 Å². The van der Waals surface area contributed by atoms with Crippen LogP contribution in [0.15, 0.2) is 24.7 Å². The number of esters is 1. The lowest BCUT2D eigenvalue weighted by atomic mass is 10.2. The topological polar surface area (TPSA) is 113 Å². The molecular formula is C9H7N5O4. The minimum Gasteiger partial charge on any atom is -0.465 e. The molecule has 2 aromatic rings. The molecule has 0 unspecified atom stereocenters. The molecule has 0 atom stereocenters. The molecule has 0 aliphatic carbocycles. The van der Waals surface area contributed by atoms with Crippen LogP contribution in [0.3, 0.4) is 0 Å². The lowest BCUT2D eigenvalue weighted by Crippen LogP contribution is -2.05. The Bertz CT molecular complexity index is 609. The van der Waals surface area contributed by atoms with Gasteiger partial charge >= 0.3 is 11.9 Å². The zero-order valence-corrected chi connectivity index (χ0v) is 9.18. The number of hydrogen-bond acceptors (Lipinski definition) is 7. The van der Waals surface area contributed by atoms with Crippen molar-refractivity contribution in [2.24, 2.45) is 0 Å². The first-order valence-corrected chi connectivity index (χ1v) is 4.72. The van der Waals surface area contributed by atoms with Crippen LogP contribution in [0.5, 0.6) is 0 Å². The maximum atomic E-state index is 11.3. The maximum absolute atomic E-state index is 11.3. The molecule has 0 aliphatic heterocycles. The Morgan fingerprint density at radius 2 is 2.28 bits per heavy atom. The van der Waals surface area contributed by atoms with Gasteiger partial charge in [0.25, 0.3) is 0 Å². The highest BCUT2D eigenvalue weighted by atomic mass is 16.6. The van der Waals surface area contributed by atoms with E-state index < -0.39 is 16.8 Å². The van der Waals surface area contributed by atoms with Gasteiger partial charge < -0.3 is 14.9 Å². The van der Waals surface area contributed by atoms with E-state index in [0.717, 1.165) is 11.0 Å². The number of nitrogens with zero attached hydrogens (tertiary/aromatic N) is 5. The lowest BCUT2D eigenvalue weighted by Gasteiger charge is -2.00. The molecule has 0 bridgehead atoms. The predicted molar refractivity (Wildman–Crippen MR) is 57.1 cm³/mol. The van der Waals surface area contributed by atoms with Crippen molar-refractivity contribution in [3.63, 3.8) is 0 Å². The quantitative estimate of drug-likeness (QED) is 0.438. The molecule has 9 heteroatoms. The van der Waals surface area contributed by atoms with Crippen molar-refractivity contribution in [3.8, 4) is 5.82 Å². The summed E-state index contributed by atoms with van der Waals surface area (Å²) in [6.07, 6.45) is 2.51. The highest BCUT2D eigenvalue weighted by Gasteiger charge is 2.16. The molecule has 0 saturated carbocycles. The summed E-state index contributed by atoms with van der Waals surface area (Å²) >= 11 is 0. The van der Waals surface area contributed by atoms with E-state index >= 15 is 0 Å². The van der Waals surface area contributed by atoms with Crippen molar-refractivity contribution < 1.29 is 14.5 Å². The number of methoxy groups -OCH3 is 1. The predicted octanol–water partition coefficient (Wildman–Crippen LogP) is 0.357. The second-order valence-electron chi connectivity index (χ2n) is 3.14. The fraction of sp³-hybridized carbons (Fsp3) is 0.111. The molecule has 18 heavy (non-hydrogen) atoms. The molecular weight excluding hydrogens is 242 g/mol. The zero-order valence-electron chi connectivity index (χ0n) is 9.18. The third kappa shape index (κ3) is 2.14. The highest BCUT2D eigenvalue weighted by Crippen LogP contribution is 2.09. The molecule has 2 aromatic heterocycles. The van der Waals surface area contributed by atoms with Gasteiger partial charge in [0.2, 0.25) is 6.33 Å². The summed E-state index contributed by atoms with van der Waals surface area (Å²) in [7, 11) is 1.25. The number of carbonyl (C=O) groups is 1. The second kappa shape index (κ2) is 4.57. The van der Waals surface area contributed by atoms with Gasteiger partial charge in [-0.15, -0.1) is 4.68 Å². The van der Waals surface area contributed by atoms with Crippen molar-refractivity contribution in [2.75, 3.05) is 7.11 Å². The van der Waals surface area contributed by atoms with Crippen LogP contribution in [0.25, 0.3) is 5.82 Å². The van der Waals surface area contributed by atoms with Gasteiger partial charge in [-0.05, 0) is 17.1 Å². The Morgan fingerprint density at radius 1 is 1.50 bits per heavy atom. The monoisotopic (exact) mass is 249 g/mol. The van der Waals surface area contributed by atoms with Crippen LogP contribution in [0.2, 0.25) is 0 Å². The van der Waals surface area contributed by atoms with E-state index in [4.69, 9.17) is 0 Å². The molecule has 2 rings (SSSR count). The van der Waals surface area contributed by atoms with Crippen molar-refractivity contribution in [1.29, 1.82) is 0 Å². The van der Waals surface area contributed by atoms with Crippen LogP contribution in [0, 0.1) is 10.1 Å². The van der Waals surface area contributed by atoms with Gasteiger partial charge in [0, 0.05) is 11.3 Å². The fourth-order valence-electron chi connectivity index (χ4n) is 1.24. The summed E-state index contributed by atoms with van der Waals surface area (Å²) in [6.45, 7) is 0. The van der Waals surface area contributed by atoms with E-state index in [1.165, 1.54) is 25.4 Å². The average Bonchev–Trinajstić information content (AvgIpc) is 2.88. The second-order valence-corrected chi connectivity index (χ2v) is 3.14. The normalized spacial score (nSPS) is 10.1. The molecule has 0 fully saturated rings. The molecule has 0 amide bonds. The molecule has 0 saturated heterocycles. The van der Waals surface area contributed by atoms with Crippen LogP contribution in [-0.4, -0.2) is 37.8 Å². The number of rotatable bonds is 3. The molecule has 0 radical (unpaired) electrons. The molecule has 9 nitrogen and oxygen atoms in total. The number of pyridine rings is 1. The first kappa shape index (κ1) is 11.6. The van der Waals surface area contributed by atoms with Crippen LogP contribution in [0.1, 0.15) is 10.4 Å². The number of ether oxygens (including phenoxy) is 1. The van der Waals surface area contributed by atoms with E-state index in [9.17, 15) is 14.9 Å². The van der Waals surface area contributed by atoms with Crippen molar-refractivity contribution in [2.45, 2.75) is 0 Å². The van der Waals surface area contributed by atoms with E-state index in [1.54, 1.807) is 0 Å². The summed E-state index contributed by atoms with van der Waals surface area (Å²) in [5.74, 6) is -0.841. The van der Waals surface area contributed by atoms with Gasteiger partial charge in [-0.2, -0.15) is 0 Å². The molecule has 0 aliphatic rings. The van der Waals surface area contributed by atoms with Crippen molar-refractivity contribution >= 4 is 11.9 Å². The molecule has 92 valence electrons. The minimum absolute atomic E-state index is 0.235. The van der Waals surface area contributed by atoms with Crippen LogP contribution >= 0.6 is 0 Å². The number of hydrogen-bond donors (Lipinski definition) is 0. The first-order valence-electron chi connectivity index (χ1n) is 4.72. The first-order chi connectivity index (χ1) is 8.61. The van der Waals surface area contributed by atoms with Gasteiger partial charge in [0.15, 0.2) is 5.82 Å². The van der Waals surface area contributed by atoms with E-state index in [1.807, 2.05) is 0 Å². The summed E-state index contributed by atoms with van der Waals surface area (Å²) in [4.78, 5) is 28.4. The fourth-order valence-corrected chi connectivity index (χ4v) is 1.24. The van der Waals surface area contributed by atoms with Crippen molar-refractivity contribution in [3.05, 3.63) is 40.3 Å². The highest BCUT2D eigenvalue weighted by molar-refractivity contribution is 5.89. The van der Waals surface area contributed by atoms with Gasteiger partial charge in [0.05, 0.1) is 12.7 Å². The molecule has 0 N–H and O–H groups in total. The largest absolute Gasteiger partial charge is 0.491 e. The van der Waals surface area contributed by atoms with Crippen molar-refractivity contribution in [1.82, 2.24) is 19.7 Å². The van der Waals surface area contributed by atoms with Gasteiger partial charge in [-0.1, -0.05) is 4.98 Å². The minimum atomic E-state index is -0.722. The maximum Gasteiger partial charge on any atom is 0.491 e. The number of aromatic nitrogens is 4. The summed E-state index contributed by atoms with van der Waals surface area (Å²) in [5.41, 5.74) is 0.264. The van der Waals surface area contributed by atoms with E-state index in [-0.39, 0.29) is 11.4 Å². The van der Waals surface area contributed by atoms with Crippen LogP contribution in [0.4, 0.5) is 5.95 Å². The molecule has 2 heterocycles. The third-order valence-corrected chi connectivity index (χ3v) is 2.04. The van der Waals surface area contributed by atoms with Crippen LogP contribution in [-0.2, 0) is 4.74 Å². The Labute approximate surface area is 100 Å². The lowest BCUT2D eigenvalue weighted by molar-refractivity contribution is -0.394. The summed E-state index contributed by atoms with van der Waals surface area (Å²) < 4.78 is 5.65. The van der Waals surface area contributed by atoms with Gasteiger partial charge in [-0.3, -0.25) is 0 Å². The Kier molecular flexibility index (Phi) is 2.96. The van der Waals surface area contributed by atoms with E-state index in [2.05, 4.69) is 19.8 Å². The number of carbonyl (C=O) groups excluding carboxylic acids is 1. The SMILES string of the molecule is COC(=O)c1ccnc(-n2cnc([N+](=O)[O-])n2)c1. The molecule has 0 aromatic carbocycles. The zero-order chi connectivity index (χ0) is 13.1. The van der Waals surface area contributed by atoms with Gasteiger partial charge in [-0.25, -0.2) is 9.78 Å².